The molecule has 1 aromatic heterocycles. The lowest BCUT2D eigenvalue weighted by molar-refractivity contribution is 0.920. The highest BCUT2D eigenvalue weighted by Crippen LogP contribution is 2.27. The van der Waals surface area contributed by atoms with Crippen molar-refractivity contribution in [3.63, 3.8) is 0 Å². The lowest BCUT2D eigenvalue weighted by Crippen LogP contribution is -1.95. The molecular weight excluding hydrogens is 248 g/mol. The van der Waals surface area contributed by atoms with Crippen molar-refractivity contribution in [3.8, 4) is 0 Å². The second-order valence-electron chi connectivity index (χ2n) is 2.58. The van der Waals surface area contributed by atoms with Gasteiger partial charge in [0.1, 0.15) is 10.9 Å². The topological polar surface area (TPSA) is 25.8 Å². The van der Waals surface area contributed by atoms with Gasteiger partial charge in [-0.2, -0.15) is 0 Å². The average molecular weight is 259 g/mol. The van der Waals surface area contributed by atoms with E-state index >= 15 is 0 Å². The normalized spacial score (nSPS) is 10.1. The van der Waals surface area contributed by atoms with Crippen molar-refractivity contribution in [2.24, 2.45) is 0 Å². The predicted octanol–water partition coefficient (Wildman–Crippen LogP) is 3.13. The van der Waals surface area contributed by atoms with Gasteiger partial charge in [0, 0.05) is 5.75 Å². The van der Waals surface area contributed by atoms with Crippen molar-refractivity contribution in [3.05, 3.63) is 28.6 Å². The monoisotopic (exact) mass is 258 g/mol. The van der Waals surface area contributed by atoms with Crippen LogP contribution >= 0.6 is 27.7 Å². The number of rotatable bonds is 3. The third-order valence-corrected chi connectivity index (χ3v) is 3.62. The molecule has 0 saturated heterocycles. The highest BCUT2D eigenvalue weighted by atomic mass is 79.9. The molecule has 13 heavy (non-hydrogen) atoms. The summed E-state index contributed by atoms with van der Waals surface area (Å²) in [4.78, 5) is 8.57. The third-order valence-electron chi connectivity index (χ3n) is 1.44. The molecule has 1 rings (SSSR count). The first-order chi connectivity index (χ1) is 6.15. The molecule has 0 amide bonds. The third kappa shape index (κ3) is 2.81. The Morgan fingerprint density at radius 1 is 1.46 bits per heavy atom. The van der Waals surface area contributed by atoms with E-state index in [2.05, 4.69) is 32.5 Å². The molecule has 0 radical (unpaired) electrons. The second kappa shape index (κ2) is 4.77. The van der Waals surface area contributed by atoms with Gasteiger partial charge in [-0.1, -0.05) is 6.08 Å². The Morgan fingerprint density at radius 3 is 2.77 bits per heavy atom. The van der Waals surface area contributed by atoms with Crippen LogP contribution in [-0.2, 0) is 0 Å². The Balaban J connectivity index is 2.98. The zero-order valence-electron chi connectivity index (χ0n) is 7.67. The van der Waals surface area contributed by atoms with Crippen LogP contribution in [0.25, 0.3) is 0 Å². The van der Waals surface area contributed by atoms with Crippen LogP contribution in [0.1, 0.15) is 11.5 Å². The molecule has 1 heterocycles. The number of aromatic nitrogens is 2. The summed E-state index contributed by atoms with van der Waals surface area (Å²) in [5.74, 6) is 1.68. The lowest BCUT2D eigenvalue weighted by atomic mass is 10.4. The van der Waals surface area contributed by atoms with Gasteiger partial charge in [-0.25, -0.2) is 9.97 Å². The largest absolute Gasteiger partial charge is 0.237 e. The number of thioether (sulfide) groups is 1. The summed E-state index contributed by atoms with van der Waals surface area (Å²) in [5, 5.41) is 0.991. The van der Waals surface area contributed by atoms with Crippen LogP contribution in [0.2, 0.25) is 0 Å². The number of aryl methyl sites for hydroxylation is 2. The maximum absolute atomic E-state index is 4.33. The van der Waals surface area contributed by atoms with Crippen LogP contribution < -0.4 is 0 Å². The van der Waals surface area contributed by atoms with Crippen molar-refractivity contribution in [2.75, 3.05) is 5.75 Å². The molecule has 0 bridgehead atoms. The van der Waals surface area contributed by atoms with Gasteiger partial charge in [0.25, 0.3) is 0 Å². The predicted molar refractivity (Wildman–Crippen MR) is 60.1 cm³/mol. The summed E-state index contributed by atoms with van der Waals surface area (Å²) in [5.41, 5.74) is 0.985. The van der Waals surface area contributed by atoms with Crippen molar-refractivity contribution in [1.82, 2.24) is 9.97 Å². The summed E-state index contributed by atoms with van der Waals surface area (Å²) in [6, 6.07) is 0. The van der Waals surface area contributed by atoms with E-state index in [0.717, 1.165) is 26.8 Å². The molecule has 0 aromatic carbocycles. The summed E-state index contributed by atoms with van der Waals surface area (Å²) >= 11 is 5.12. The van der Waals surface area contributed by atoms with Crippen molar-refractivity contribution in [2.45, 2.75) is 18.9 Å². The molecule has 0 unspecified atom stereocenters. The Morgan fingerprint density at radius 2 is 2.15 bits per heavy atom. The minimum Gasteiger partial charge on any atom is -0.237 e. The molecule has 0 atom stereocenters. The van der Waals surface area contributed by atoms with E-state index in [0.29, 0.717) is 0 Å². The van der Waals surface area contributed by atoms with Gasteiger partial charge < -0.3 is 0 Å². The van der Waals surface area contributed by atoms with E-state index in [9.17, 15) is 0 Å². The molecular formula is C9H11BrN2S. The van der Waals surface area contributed by atoms with E-state index in [1.165, 1.54) is 0 Å². The van der Waals surface area contributed by atoms with Crippen LogP contribution in [0.15, 0.2) is 22.2 Å². The van der Waals surface area contributed by atoms with Crippen LogP contribution in [0.3, 0.4) is 0 Å². The summed E-state index contributed by atoms with van der Waals surface area (Å²) in [7, 11) is 0. The van der Waals surface area contributed by atoms with Gasteiger partial charge >= 0.3 is 0 Å². The fraction of sp³-hybridized carbons (Fsp3) is 0.333. The molecule has 0 aliphatic carbocycles. The standard InChI is InChI=1S/C9H11BrN2S/c1-4-5-13-9-8(10)6(2)11-7(3)12-9/h4H,1,5H2,2-3H3. The highest BCUT2D eigenvalue weighted by Gasteiger charge is 2.06. The van der Waals surface area contributed by atoms with E-state index < -0.39 is 0 Å². The Kier molecular flexibility index (Phi) is 3.93. The minimum absolute atomic E-state index is 0.812. The van der Waals surface area contributed by atoms with E-state index in [-0.39, 0.29) is 0 Å². The Bertz CT molecular complexity index is 326. The molecule has 70 valence electrons. The number of nitrogens with zero attached hydrogens (tertiary/aromatic N) is 2. The number of halogens is 1. The maximum Gasteiger partial charge on any atom is 0.126 e. The first-order valence-electron chi connectivity index (χ1n) is 3.89. The Labute approximate surface area is 91.0 Å². The van der Waals surface area contributed by atoms with Crippen LogP contribution in [-0.4, -0.2) is 15.7 Å². The average Bonchev–Trinajstić information content (AvgIpc) is 2.09. The molecule has 0 N–H and O–H groups in total. The zero-order chi connectivity index (χ0) is 9.84. The smallest absolute Gasteiger partial charge is 0.126 e. The summed E-state index contributed by atoms with van der Waals surface area (Å²) < 4.78 is 0.991. The van der Waals surface area contributed by atoms with Gasteiger partial charge in [-0.05, 0) is 29.8 Å². The summed E-state index contributed by atoms with van der Waals surface area (Å²) in [6.07, 6.45) is 1.86. The van der Waals surface area contributed by atoms with Gasteiger partial charge in [0.2, 0.25) is 0 Å². The first-order valence-corrected chi connectivity index (χ1v) is 5.67. The Hall–Kier alpha value is -0.350. The van der Waals surface area contributed by atoms with Gasteiger partial charge in [-0.3, -0.25) is 0 Å². The lowest BCUT2D eigenvalue weighted by Gasteiger charge is -2.04. The molecule has 4 heteroatoms. The molecule has 0 spiro atoms. The van der Waals surface area contributed by atoms with Crippen LogP contribution in [0.5, 0.6) is 0 Å². The first kappa shape index (κ1) is 10.7. The molecule has 0 aliphatic rings. The minimum atomic E-state index is 0.812. The fourth-order valence-corrected chi connectivity index (χ4v) is 2.17. The van der Waals surface area contributed by atoms with Gasteiger partial charge in [0.15, 0.2) is 0 Å². The summed E-state index contributed by atoms with van der Waals surface area (Å²) in [6.45, 7) is 7.54. The molecule has 1 aromatic rings. The molecule has 0 saturated carbocycles. The fourth-order valence-electron chi connectivity index (χ4n) is 0.901. The quantitative estimate of drug-likeness (QED) is 0.474. The second-order valence-corrected chi connectivity index (χ2v) is 4.38. The van der Waals surface area contributed by atoms with Crippen molar-refractivity contribution in [1.29, 1.82) is 0 Å². The van der Waals surface area contributed by atoms with Gasteiger partial charge in [-0.15, -0.1) is 18.3 Å². The number of hydrogen-bond donors (Lipinski definition) is 0. The highest BCUT2D eigenvalue weighted by molar-refractivity contribution is 9.10. The SMILES string of the molecule is C=CCSc1nc(C)nc(C)c1Br. The molecule has 2 nitrogen and oxygen atoms in total. The number of hydrogen-bond acceptors (Lipinski definition) is 3. The van der Waals surface area contributed by atoms with E-state index in [1.807, 2.05) is 19.9 Å². The van der Waals surface area contributed by atoms with E-state index in [4.69, 9.17) is 0 Å². The zero-order valence-corrected chi connectivity index (χ0v) is 10.1. The maximum atomic E-state index is 4.33. The molecule has 0 fully saturated rings. The van der Waals surface area contributed by atoms with Crippen molar-refractivity contribution < 1.29 is 0 Å². The van der Waals surface area contributed by atoms with Crippen LogP contribution in [0.4, 0.5) is 0 Å². The van der Waals surface area contributed by atoms with Crippen LogP contribution in [0, 0.1) is 13.8 Å². The van der Waals surface area contributed by atoms with Crippen molar-refractivity contribution >= 4 is 27.7 Å². The van der Waals surface area contributed by atoms with Gasteiger partial charge in [0.05, 0.1) is 10.2 Å². The molecule has 0 aliphatic heterocycles. The van der Waals surface area contributed by atoms with E-state index in [1.54, 1.807) is 11.8 Å².